The number of amides is 1. The second-order valence-electron chi connectivity index (χ2n) is 7.54. The van der Waals surface area contributed by atoms with Crippen LogP contribution in [0.2, 0.25) is 0 Å². The molecule has 0 bridgehead atoms. The topological polar surface area (TPSA) is 86.3 Å². The Morgan fingerprint density at radius 1 is 1.06 bits per heavy atom. The van der Waals surface area contributed by atoms with E-state index in [1.807, 2.05) is 0 Å². The van der Waals surface area contributed by atoms with Crippen LogP contribution in [-0.4, -0.2) is 26.7 Å². The van der Waals surface area contributed by atoms with Crippen LogP contribution in [0.15, 0.2) is 71.5 Å². The number of H-pyrrole nitrogens is 1. The fourth-order valence-corrected chi connectivity index (χ4v) is 4.94. The van der Waals surface area contributed by atoms with Gasteiger partial charge in [-0.3, -0.25) is 14.5 Å². The number of rotatable bonds is 4. The van der Waals surface area contributed by atoms with Crippen LogP contribution in [0.25, 0.3) is 11.0 Å². The van der Waals surface area contributed by atoms with Crippen molar-refractivity contribution in [2.45, 2.75) is 11.8 Å². The first kappa shape index (κ1) is 20.3. The summed E-state index contributed by atoms with van der Waals surface area (Å²) in [4.78, 5) is 34.3. The average Bonchev–Trinajstić information content (AvgIpc) is 3.17. The highest BCUT2D eigenvalue weighted by Gasteiger charge is 2.34. The van der Waals surface area contributed by atoms with E-state index < -0.39 is 0 Å². The Bertz CT molecular complexity index is 1370. The van der Waals surface area contributed by atoms with E-state index in [0.717, 1.165) is 11.1 Å². The third-order valence-electron chi connectivity index (χ3n) is 5.35. The van der Waals surface area contributed by atoms with E-state index in [1.165, 1.54) is 23.9 Å². The fourth-order valence-electron chi connectivity index (χ4n) is 3.77. The molecular formula is C24H18FN3O3S. The smallest absolute Gasteiger partial charge is 0.270 e. The number of phenols is 1. The van der Waals surface area contributed by atoms with Gasteiger partial charge in [-0.15, -0.1) is 11.8 Å². The molecule has 160 valence electrons. The first-order valence-corrected chi connectivity index (χ1v) is 11.0. The van der Waals surface area contributed by atoms with Crippen molar-refractivity contribution in [3.05, 3.63) is 99.7 Å². The lowest BCUT2D eigenvalue weighted by Gasteiger charge is -2.24. The fraction of sp³-hybridized carbons (Fsp3) is 0.125. The molecule has 1 unspecified atom stereocenters. The number of hydrogen-bond acceptors (Lipinski definition) is 5. The number of halogens is 1. The van der Waals surface area contributed by atoms with Crippen LogP contribution in [0.1, 0.15) is 22.2 Å². The maximum Gasteiger partial charge on any atom is 0.270 e. The number of thioether (sulfide) groups is 1. The highest BCUT2D eigenvalue weighted by molar-refractivity contribution is 8.00. The van der Waals surface area contributed by atoms with E-state index in [1.54, 1.807) is 59.5 Å². The zero-order valence-corrected chi connectivity index (χ0v) is 17.6. The van der Waals surface area contributed by atoms with Gasteiger partial charge < -0.3 is 10.1 Å². The van der Waals surface area contributed by atoms with Gasteiger partial charge in [-0.05, 0) is 53.6 Å². The maximum absolute atomic E-state index is 13.3. The summed E-state index contributed by atoms with van der Waals surface area (Å²) in [5.74, 6) is 0.102. The second kappa shape index (κ2) is 8.12. The van der Waals surface area contributed by atoms with E-state index in [0.29, 0.717) is 34.6 Å². The number of hydrogen-bond donors (Lipinski definition) is 2. The molecule has 3 aromatic carbocycles. The Labute approximate surface area is 186 Å². The number of phenolic OH excluding ortho intramolecular Hbond substituents is 1. The molecule has 0 aliphatic carbocycles. The molecule has 0 spiro atoms. The summed E-state index contributed by atoms with van der Waals surface area (Å²) in [5.41, 5.74) is 3.54. The van der Waals surface area contributed by atoms with Crippen molar-refractivity contribution in [3.8, 4) is 5.75 Å². The summed E-state index contributed by atoms with van der Waals surface area (Å²) in [6.45, 7) is 0. The first-order chi connectivity index (χ1) is 15.5. The number of nitrogens with one attached hydrogen (secondary N) is 1. The molecule has 0 radical (unpaired) electrons. The van der Waals surface area contributed by atoms with Crippen molar-refractivity contribution in [2.24, 2.45) is 0 Å². The molecule has 1 atom stereocenters. The number of fused-ring (bicyclic) bond motifs is 1. The monoisotopic (exact) mass is 447 g/mol. The van der Waals surface area contributed by atoms with Crippen molar-refractivity contribution in [1.82, 2.24) is 9.97 Å². The Kier molecular flexibility index (Phi) is 5.14. The van der Waals surface area contributed by atoms with Crippen LogP contribution in [-0.2, 0) is 11.2 Å². The van der Waals surface area contributed by atoms with Gasteiger partial charge in [0.1, 0.15) is 22.6 Å². The molecule has 1 aliphatic rings. The molecule has 1 fully saturated rings. The molecule has 2 N–H and O–H groups in total. The third kappa shape index (κ3) is 3.85. The molecule has 0 saturated carbocycles. The largest absolute Gasteiger partial charge is 0.508 e. The van der Waals surface area contributed by atoms with Crippen molar-refractivity contribution in [2.75, 3.05) is 10.7 Å². The number of aromatic amines is 1. The van der Waals surface area contributed by atoms with Crippen LogP contribution in [0, 0.1) is 5.82 Å². The standard InChI is InChI=1S/C24H18FN3O3S/c25-16-5-3-15(4-6-16)24-28(22(30)13-32-24)17-7-10-19-20(12-17)27-23(31)21(26-19)11-14-1-8-18(29)9-2-14/h1-10,12,24,29H,11,13H2,(H,27,31). The molecule has 1 saturated heterocycles. The van der Waals surface area contributed by atoms with Crippen molar-refractivity contribution < 1.29 is 14.3 Å². The minimum Gasteiger partial charge on any atom is -0.508 e. The predicted molar refractivity (Wildman–Crippen MR) is 122 cm³/mol. The lowest BCUT2D eigenvalue weighted by atomic mass is 10.1. The normalized spacial score (nSPS) is 16.1. The van der Waals surface area contributed by atoms with Crippen molar-refractivity contribution >= 4 is 34.4 Å². The van der Waals surface area contributed by atoms with Gasteiger partial charge in [0.25, 0.3) is 5.56 Å². The minimum atomic E-state index is -0.327. The summed E-state index contributed by atoms with van der Waals surface area (Å²) in [7, 11) is 0. The highest BCUT2D eigenvalue weighted by atomic mass is 32.2. The van der Waals surface area contributed by atoms with Gasteiger partial charge in [0.15, 0.2) is 0 Å². The molecule has 1 aliphatic heterocycles. The Morgan fingerprint density at radius 3 is 2.56 bits per heavy atom. The molecule has 5 rings (SSSR count). The third-order valence-corrected chi connectivity index (χ3v) is 6.57. The molecule has 4 aromatic rings. The summed E-state index contributed by atoms with van der Waals surface area (Å²) < 4.78 is 13.3. The summed E-state index contributed by atoms with van der Waals surface area (Å²) in [6.07, 6.45) is 0.335. The zero-order valence-electron chi connectivity index (χ0n) is 16.8. The van der Waals surface area contributed by atoms with E-state index in [4.69, 9.17) is 0 Å². The minimum absolute atomic E-state index is 0.0528. The van der Waals surface area contributed by atoms with E-state index in [-0.39, 0.29) is 28.4 Å². The van der Waals surface area contributed by atoms with Crippen LogP contribution in [0.3, 0.4) is 0 Å². The average molecular weight is 447 g/mol. The molecular weight excluding hydrogens is 429 g/mol. The van der Waals surface area contributed by atoms with Gasteiger partial charge in [0, 0.05) is 12.1 Å². The number of benzene rings is 3. The van der Waals surface area contributed by atoms with E-state index in [2.05, 4.69) is 9.97 Å². The molecule has 1 amide bonds. The number of aromatic nitrogens is 2. The maximum atomic E-state index is 13.3. The van der Waals surface area contributed by atoms with Crippen molar-refractivity contribution in [1.29, 1.82) is 0 Å². The first-order valence-electron chi connectivity index (χ1n) is 9.98. The quantitative estimate of drug-likeness (QED) is 0.491. The molecule has 2 heterocycles. The van der Waals surface area contributed by atoms with Crippen LogP contribution in [0.4, 0.5) is 10.1 Å². The van der Waals surface area contributed by atoms with Gasteiger partial charge in [-0.1, -0.05) is 24.3 Å². The molecule has 1 aromatic heterocycles. The number of anilines is 1. The molecule has 32 heavy (non-hydrogen) atoms. The number of nitrogens with zero attached hydrogens (tertiary/aromatic N) is 2. The lowest BCUT2D eigenvalue weighted by molar-refractivity contribution is -0.115. The number of carbonyl (C=O) groups is 1. The van der Waals surface area contributed by atoms with Gasteiger partial charge in [-0.2, -0.15) is 0 Å². The van der Waals surface area contributed by atoms with Gasteiger partial charge in [0.2, 0.25) is 5.91 Å². The Balaban J connectivity index is 1.48. The van der Waals surface area contributed by atoms with Crippen molar-refractivity contribution in [3.63, 3.8) is 0 Å². The van der Waals surface area contributed by atoms with Gasteiger partial charge in [-0.25, -0.2) is 9.37 Å². The molecule has 8 heteroatoms. The zero-order chi connectivity index (χ0) is 22.2. The number of carbonyl (C=O) groups excluding carboxylic acids is 1. The van der Waals surface area contributed by atoms with Crippen LogP contribution < -0.4 is 10.5 Å². The molecule has 6 nitrogen and oxygen atoms in total. The Morgan fingerprint density at radius 2 is 1.81 bits per heavy atom. The summed E-state index contributed by atoms with van der Waals surface area (Å²) >= 11 is 1.47. The van der Waals surface area contributed by atoms with E-state index in [9.17, 15) is 19.1 Å². The van der Waals surface area contributed by atoms with Crippen LogP contribution in [0.5, 0.6) is 5.75 Å². The van der Waals surface area contributed by atoms with E-state index >= 15 is 0 Å². The van der Waals surface area contributed by atoms with Gasteiger partial charge >= 0.3 is 0 Å². The SMILES string of the molecule is O=C1CSC(c2ccc(F)cc2)N1c1ccc2nc(Cc3ccc(O)cc3)c(=O)[nH]c2c1. The number of aromatic hydroxyl groups is 1. The second-order valence-corrected chi connectivity index (χ2v) is 8.60. The lowest BCUT2D eigenvalue weighted by Crippen LogP contribution is -2.28. The Hall–Kier alpha value is -3.65. The predicted octanol–water partition coefficient (Wildman–Crippen LogP) is 4.14. The summed E-state index contributed by atoms with van der Waals surface area (Å²) in [5, 5.41) is 9.16. The van der Waals surface area contributed by atoms with Crippen LogP contribution >= 0.6 is 11.8 Å². The van der Waals surface area contributed by atoms with Gasteiger partial charge in [0.05, 0.1) is 16.8 Å². The summed E-state index contributed by atoms with van der Waals surface area (Å²) in [6, 6.07) is 18.1. The highest BCUT2D eigenvalue weighted by Crippen LogP contribution is 2.42.